The van der Waals surface area contributed by atoms with Gasteiger partial charge >= 0.3 is 0 Å². The van der Waals surface area contributed by atoms with Crippen molar-refractivity contribution < 1.29 is 18.9 Å². The van der Waals surface area contributed by atoms with Gasteiger partial charge in [-0.25, -0.2) is 0 Å². The van der Waals surface area contributed by atoms with Gasteiger partial charge in [0.05, 0.1) is 7.11 Å². The molecule has 1 unspecified atom stereocenters. The van der Waals surface area contributed by atoms with Gasteiger partial charge in [-0.05, 0) is 53.1 Å². The summed E-state index contributed by atoms with van der Waals surface area (Å²) in [5.41, 5.74) is 3.46. The molecular weight excluding hydrogens is 431 g/mol. The van der Waals surface area contributed by atoms with Crippen LogP contribution in [-0.4, -0.2) is 12.2 Å². The molecule has 0 amide bonds. The third-order valence-electron chi connectivity index (χ3n) is 5.62. The molecule has 1 atom stereocenters. The smallest absolute Gasteiger partial charge is 0.275 e. The number of rotatable bonds is 6. The maximum atomic E-state index is 10.9. The van der Waals surface area contributed by atoms with Crippen LogP contribution >= 0.6 is 9.03 Å². The van der Waals surface area contributed by atoms with Gasteiger partial charge in [0, 0.05) is 16.5 Å². The lowest BCUT2D eigenvalue weighted by atomic mass is 9.85. The van der Waals surface area contributed by atoms with E-state index in [4.69, 9.17) is 13.8 Å². The molecule has 0 aliphatic carbocycles. The van der Waals surface area contributed by atoms with E-state index in [0.717, 1.165) is 33.2 Å². The average Bonchev–Trinajstić information content (AvgIpc) is 2.79. The molecule has 170 valence electrons. The molecule has 0 radical (unpaired) electrons. The minimum atomic E-state index is -0.288. The topological polar surface area (TPSA) is 47.9 Å². The normalized spacial score (nSPS) is 11.8. The van der Waals surface area contributed by atoms with E-state index in [2.05, 4.69) is 32.9 Å². The van der Waals surface area contributed by atoms with Gasteiger partial charge in [0.15, 0.2) is 11.5 Å². The second-order valence-electron chi connectivity index (χ2n) is 9.09. The van der Waals surface area contributed by atoms with Crippen LogP contribution in [0.3, 0.4) is 0 Å². The van der Waals surface area contributed by atoms with Crippen molar-refractivity contribution in [1.29, 1.82) is 0 Å². The number of benzene rings is 4. The molecule has 0 bridgehead atoms. The van der Waals surface area contributed by atoms with E-state index in [1.807, 2.05) is 67.6 Å². The Bertz CT molecular complexity index is 1290. The third kappa shape index (κ3) is 4.91. The quantitative estimate of drug-likeness (QED) is 0.298. The van der Waals surface area contributed by atoms with Crippen molar-refractivity contribution in [2.45, 2.75) is 33.1 Å². The fraction of sp³-hybridized carbons (Fsp3) is 0.214. The number of hydrogen-bond acceptors (Lipinski definition) is 4. The van der Waals surface area contributed by atoms with Gasteiger partial charge in [0.1, 0.15) is 11.5 Å². The number of phenols is 1. The zero-order valence-electron chi connectivity index (χ0n) is 19.6. The van der Waals surface area contributed by atoms with Crippen LogP contribution in [0.2, 0.25) is 0 Å². The molecule has 5 heteroatoms. The summed E-state index contributed by atoms with van der Waals surface area (Å²) in [4.78, 5) is 0. The number of phenolic OH excluding ortho intramolecular Hbond substituents is 1. The molecule has 1 N–H and O–H groups in total. The Morgan fingerprint density at radius 3 is 2.27 bits per heavy atom. The first kappa shape index (κ1) is 22.9. The second kappa shape index (κ2) is 9.33. The summed E-state index contributed by atoms with van der Waals surface area (Å²) in [5, 5.41) is 13.0. The van der Waals surface area contributed by atoms with E-state index in [0.29, 0.717) is 17.1 Å². The van der Waals surface area contributed by atoms with Crippen LogP contribution in [0.5, 0.6) is 23.0 Å². The lowest BCUT2D eigenvalue weighted by molar-refractivity contribution is 0.394. The Hall–Kier alpha value is -3.23. The van der Waals surface area contributed by atoms with Gasteiger partial charge in [0.2, 0.25) is 0 Å². The van der Waals surface area contributed by atoms with Crippen LogP contribution in [0.15, 0.2) is 72.8 Å². The average molecular weight is 461 g/mol. The van der Waals surface area contributed by atoms with Crippen molar-refractivity contribution >= 4 is 19.8 Å². The Balaban J connectivity index is 1.67. The Morgan fingerprint density at radius 1 is 0.788 bits per heavy atom. The monoisotopic (exact) mass is 460 g/mol. The summed E-state index contributed by atoms with van der Waals surface area (Å²) >= 11 is 0. The van der Waals surface area contributed by atoms with Gasteiger partial charge < -0.3 is 18.9 Å². The minimum absolute atomic E-state index is 0.0622. The van der Waals surface area contributed by atoms with E-state index in [1.54, 1.807) is 7.11 Å². The SMILES string of the molecule is COc1cc(C)cc(-c2ccc(C(C)(C)C)cc2O)c1OPOc1cccc2ccccc12. The zero-order valence-corrected chi connectivity index (χ0v) is 20.6. The van der Waals surface area contributed by atoms with Gasteiger partial charge in [-0.2, -0.15) is 0 Å². The molecule has 0 saturated carbocycles. The summed E-state index contributed by atoms with van der Waals surface area (Å²) in [7, 11) is 1.33. The molecule has 4 aromatic rings. The first-order valence-corrected chi connectivity index (χ1v) is 11.7. The van der Waals surface area contributed by atoms with Crippen LogP contribution in [0.25, 0.3) is 21.9 Å². The summed E-state index contributed by atoms with van der Waals surface area (Å²) in [6.07, 6.45) is 0. The number of ether oxygens (including phenoxy) is 1. The zero-order chi connectivity index (χ0) is 23.6. The molecule has 0 fully saturated rings. The highest BCUT2D eigenvalue weighted by molar-refractivity contribution is 7.27. The molecule has 0 aliphatic heterocycles. The van der Waals surface area contributed by atoms with E-state index in [1.165, 1.54) is 0 Å². The highest BCUT2D eigenvalue weighted by atomic mass is 31.1. The number of methoxy groups -OCH3 is 1. The summed E-state index contributed by atoms with van der Waals surface area (Å²) in [6.45, 7) is 8.36. The Kier molecular flexibility index (Phi) is 6.49. The lowest BCUT2D eigenvalue weighted by Crippen LogP contribution is -2.10. The molecule has 4 aromatic carbocycles. The third-order valence-corrected chi connectivity index (χ3v) is 6.21. The maximum absolute atomic E-state index is 10.9. The fourth-order valence-corrected chi connectivity index (χ4v) is 4.42. The van der Waals surface area contributed by atoms with Crippen LogP contribution in [0.4, 0.5) is 0 Å². The van der Waals surface area contributed by atoms with Gasteiger partial charge in [-0.15, -0.1) is 0 Å². The molecule has 0 heterocycles. The highest BCUT2D eigenvalue weighted by Gasteiger charge is 2.20. The second-order valence-corrected chi connectivity index (χ2v) is 9.67. The number of aryl methyl sites for hydroxylation is 1. The largest absolute Gasteiger partial charge is 0.507 e. The molecule has 33 heavy (non-hydrogen) atoms. The number of fused-ring (bicyclic) bond motifs is 1. The van der Waals surface area contributed by atoms with Crippen LogP contribution < -0.4 is 13.8 Å². The van der Waals surface area contributed by atoms with Crippen LogP contribution in [0.1, 0.15) is 31.9 Å². The first-order chi connectivity index (χ1) is 15.8. The molecule has 0 saturated heterocycles. The van der Waals surface area contributed by atoms with Crippen molar-refractivity contribution in [3.63, 3.8) is 0 Å². The van der Waals surface area contributed by atoms with Crippen molar-refractivity contribution in [1.82, 2.24) is 0 Å². The Labute approximate surface area is 197 Å². The molecule has 4 nitrogen and oxygen atoms in total. The van der Waals surface area contributed by atoms with Crippen molar-refractivity contribution in [3.05, 3.63) is 83.9 Å². The predicted molar refractivity (Wildman–Crippen MR) is 137 cm³/mol. The van der Waals surface area contributed by atoms with Gasteiger partial charge in [-0.1, -0.05) is 69.3 Å². The maximum Gasteiger partial charge on any atom is 0.275 e. The Morgan fingerprint density at radius 2 is 1.55 bits per heavy atom. The van der Waals surface area contributed by atoms with Gasteiger partial charge in [0.25, 0.3) is 9.03 Å². The van der Waals surface area contributed by atoms with Gasteiger partial charge in [-0.3, -0.25) is 0 Å². The van der Waals surface area contributed by atoms with E-state index < -0.39 is 0 Å². The molecule has 0 spiro atoms. The molecular formula is C28H29O4P. The number of aromatic hydroxyl groups is 1. The first-order valence-electron chi connectivity index (χ1n) is 10.9. The van der Waals surface area contributed by atoms with Crippen molar-refractivity contribution in [2.75, 3.05) is 7.11 Å². The molecule has 0 aromatic heterocycles. The van der Waals surface area contributed by atoms with Crippen LogP contribution in [0, 0.1) is 6.92 Å². The lowest BCUT2D eigenvalue weighted by Gasteiger charge is -2.21. The standard InChI is InChI=1S/C28H29O4P/c1-18-15-23(22-14-13-20(17-24(22)29)28(2,3)4)27(26(16-18)30-5)32-33-31-25-12-8-10-19-9-6-7-11-21(19)25/h6-17,29,33H,1-5H3. The summed E-state index contributed by atoms with van der Waals surface area (Å²) < 4.78 is 17.8. The fourth-order valence-electron chi connectivity index (χ4n) is 3.81. The molecule has 4 rings (SSSR count). The van der Waals surface area contributed by atoms with Crippen molar-refractivity contribution in [2.24, 2.45) is 0 Å². The number of hydrogen-bond donors (Lipinski definition) is 1. The van der Waals surface area contributed by atoms with E-state index in [9.17, 15) is 5.11 Å². The highest BCUT2D eigenvalue weighted by Crippen LogP contribution is 2.46. The van der Waals surface area contributed by atoms with Crippen LogP contribution in [-0.2, 0) is 5.41 Å². The minimum Gasteiger partial charge on any atom is -0.507 e. The summed E-state index contributed by atoms with van der Waals surface area (Å²) in [6, 6.07) is 23.7. The summed E-state index contributed by atoms with van der Waals surface area (Å²) in [5.74, 6) is 2.11. The predicted octanol–water partition coefficient (Wildman–Crippen LogP) is 7.79. The van der Waals surface area contributed by atoms with Crippen molar-refractivity contribution in [3.8, 4) is 34.1 Å². The molecule has 0 aliphatic rings. The van der Waals surface area contributed by atoms with E-state index in [-0.39, 0.29) is 20.2 Å². The van der Waals surface area contributed by atoms with E-state index >= 15 is 0 Å².